The number of carbonyl (C=O) groups is 2. The Kier molecular flexibility index (Phi) is 8.78. The van der Waals surface area contributed by atoms with Crippen LogP contribution in [0.4, 0.5) is 9.59 Å². The molecule has 52 heavy (non-hydrogen) atoms. The molecule has 1 spiro atoms. The maximum Gasteiger partial charge on any atom is 0.410 e. The number of rotatable bonds is 5. The highest BCUT2D eigenvalue weighted by Crippen LogP contribution is 2.53. The molecule has 5 heterocycles. The number of amides is 2. The van der Waals surface area contributed by atoms with E-state index in [9.17, 15) is 9.59 Å². The van der Waals surface area contributed by atoms with Crippen LogP contribution in [-0.2, 0) is 22.3 Å². The van der Waals surface area contributed by atoms with Crippen LogP contribution in [0.1, 0.15) is 128 Å². The number of fused-ring (bicyclic) bond motifs is 1. The van der Waals surface area contributed by atoms with Crippen molar-refractivity contribution in [2.75, 3.05) is 13.1 Å². The van der Waals surface area contributed by atoms with Crippen molar-refractivity contribution in [2.45, 2.75) is 129 Å². The van der Waals surface area contributed by atoms with E-state index < -0.39 is 11.2 Å². The lowest BCUT2D eigenvalue weighted by Gasteiger charge is -2.27. The number of hydrogen-bond acceptors (Lipinski definition) is 7. The van der Waals surface area contributed by atoms with Gasteiger partial charge in [-0.05, 0) is 127 Å². The Hall–Kier alpha value is -4.12. The van der Waals surface area contributed by atoms with Gasteiger partial charge in [0.1, 0.15) is 22.9 Å². The zero-order valence-corrected chi connectivity index (χ0v) is 32.3. The third-order valence-corrected chi connectivity index (χ3v) is 12.4. The number of nitrogens with one attached hydrogen (secondary N) is 2. The van der Waals surface area contributed by atoms with Crippen molar-refractivity contribution in [1.29, 1.82) is 0 Å². The fourth-order valence-electron chi connectivity index (χ4n) is 8.95. The molecule has 2 unspecified atom stereocenters. The molecule has 2 atom stereocenters. The molecule has 4 aliphatic rings. The predicted octanol–water partition coefficient (Wildman–Crippen LogP) is 10.00. The minimum absolute atomic E-state index is 0.112. The molecule has 2 amide bonds. The second-order valence-electron chi connectivity index (χ2n) is 17.4. The van der Waals surface area contributed by atoms with Crippen molar-refractivity contribution in [2.24, 2.45) is 5.41 Å². The topological polar surface area (TPSA) is 116 Å². The third kappa shape index (κ3) is 6.76. The highest BCUT2D eigenvalue weighted by Gasteiger charge is 2.42. The van der Waals surface area contributed by atoms with Crippen LogP contribution in [0, 0.1) is 5.41 Å². The highest BCUT2D eigenvalue weighted by atomic mass is 32.1. The summed E-state index contributed by atoms with van der Waals surface area (Å²) in [4.78, 5) is 48.9. The van der Waals surface area contributed by atoms with Crippen molar-refractivity contribution in [3.05, 3.63) is 59.4 Å². The zero-order valence-electron chi connectivity index (χ0n) is 31.4. The number of likely N-dealkylation sites (tertiary alicyclic amines) is 2. The summed E-state index contributed by atoms with van der Waals surface area (Å²) in [5.74, 6) is 1.64. The summed E-state index contributed by atoms with van der Waals surface area (Å²) in [6.07, 6.45) is 14.2. The van der Waals surface area contributed by atoms with Crippen LogP contribution in [0.5, 0.6) is 0 Å². The zero-order chi connectivity index (χ0) is 36.4. The van der Waals surface area contributed by atoms with Crippen molar-refractivity contribution >= 4 is 23.5 Å². The second kappa shape index (κ2) is 13.1. The average Bonchev–Trinajstić information content (AvgIpc) is 3.92. The molecular formula is C41H52N6O4S. The molecule has 3 aromatic heterocycles. The molecule has 10 nitrogen and oxygen atoms in total. The molecule has 2 aliphatic heterocycles. The van der Waals surface area contributed by atoms with Crippen molar-refractivity contribution in [3.8, 4) is 32.3 Å². The summed E-state index contributed by atoms with van der Waals surface area (Å²) in [5.41, 5.74) is 6.69. The first-order valence-electron chi connectivity index (χ1n) is 19.1. The van der Waals surface area contributed by atoms with Crippen LogP contribution < -0.4 is 0 Å². The molecule has 2 saturated heterocycles. The Labute approximate surface area is 310 Å². The van der Waals surface area contributed by atoms with E-state index in [-0.39, 0.29) is 24.3 Å². The van der Waals surface area contributed by atoms with E-state index in [1.165, 1.54) is 52.8 Å². The minimum atomic E-state index is -0.539. The van der Waals surface area contributed by atoms with Gasteiger partial charge in [0.15, 0.2) is 0 Å². The fourth-order valence-corrected chi connectivity index (χ4v) is 9.98. The Morgan fingerprint density at radius 1 is 0.712 bits per heavy atom. The molecule has 1 aromatic carbocycles. The van der Waals surface area contributed by atoms with Gasteiger partial charge in [-0.1, -0.05) is 25.0 Å². The van der Waals surface area contributed by atoms with Gasteiger partial charge in [-0.3, -0.25) is 9.80 Å². The fraction of sp³-hybridized carbons (Fsp3) is 0.561. The molecule has 8 rings (SSSR count). The van der Waals surface area contributed by atoms with E-state index in [4.69, 9.17) is 19.4 Å². The molecule has 11 heteroatoms. The summed E-state index contributed by atoms with van der Waals surface area (Å²) in [6.45, 7) is 12.8. The smallest absolute Gasteiger partial charge is 0.410 e. The summed E-state index contributed by atoms with van der Waals surface area (Å²) >= 11 is 1.79. The van der Waals surface area contributed by atoms with Crippen LogP contribution in [0.25, 0.3) is 32.3 Å². The molecule has 2 N–H and O–H groups in total. The summed E-state index contributed by atoms with van der Waals surface area (Å²) < 4.78 is 11.4. The Morgan fingerprint density at radius 2 is 1.21 bits per heavy atom. The maximum absolute atomic E-state index is 13.1. The Balaban J connectivity index is 1.06. The molecule has 2 aliphatic carbocycles. The molecule has 3 fully saturated rings. The van der Waals surface area contributed by atoms with E-state index in [2.05, 4.69) is 34.2 Å². The number of nitrogens with zero attached hydrogens (tertiary/aromatic N) is 4. The van der Waals surface area contributed by atoms with Crippen molar-refractivity contribution in [1.82, 2.24) is 29.7 Å². The van der Waals surface area contributed by atoms with Crippen LogP contribution in [-0.4, -0.2) is 66.2 Å². The summed E-state index contributed by atoms with van der Waals surface area (Å²) in [6, 6.07) is 8.79. The standard InChI is InChI=1S/C41H52N6O4S/c1-39(2,3)50-37(48)46-19-9-11-31(46)35-42-23-29(44-35)25-13-14-26(28-22-41(21-27(25)28)17-7-8-18-41)33-15-16-34(52-33)30-24-43-36(45-30)32-12-10-20-47(32)38(49)51-40(4,5)6/h13-16,23-24,31-32H,7-12,17-22H2,1-6H3,(H,42,44)(H,43,45). The highest BCUT2D eigenvalue weighted by molar-refractivity contribution is 7.18. The number of carbonyl (C=O) groups excluding carboxylic acids is 2. The van der Waals surface area contributed by atoms with E-state index in [1.807, 2.05) is 63.7 Å². The van der Waals surface area contributed by atoms with Gasteiger partial charge in [-0.2, -0.15) is 0 Å². The van der Waals surface area contributed by atoms with Crippen LogP contribution in [0.2, 0.25) is 0 Å². The molecule has 276 valence electrons. The number of hydrogen-bond donors (Lipinski definition) is 2. The van der Waals surface area contributed by atoms with Crippen LogP contribution in [0.15, 0.2) is 36.7 Å². The largest absolute Gasteiger partial charge is 0.444 e. The SMILES string of the molecule is CC(C)(C)OC(=O)N1CCCC1c1ncc(-c2ccc(-c3ccc(-c4cnc(C5CCCN5C(=O)OC(C)(C)C)[nH]4)c4c3CC3(CCCC3)C4)s2)[nH]1. The number of aromatic amines is 2. The van der Waals surface area contributed by atoms with E-state index >= 15 is 0 Å². The molecule has 0 radical (unpaired) electrons. The first-order chi connectivity index (χ1) is 24.8. The van der Waals surface area contributed by atoms with Gasteiger partial charge in [0.25, 0.3) is 0 Å². The summed E-state index contributed by atoms with van der Waals surface area (Å²) in [7, 11) is 0. The molecule has 1 saturated carbocycles. The monoisotopic (exact) mass is 724 g/mol. The first-order valence-corrected chi connectivity index (χ1v) is 19.9. The average molecular weight is 725 g/mol. The summed E-state index contributed by atoms with van der Waals surface area (Å²) in [5, 5.41) is 0. The van der Waals surface area contributed by atoms with Gasteiger partial charge in [-0.15, -0.1) is 11.3 Å². The van der Waals surface area contributed by atoms with E-state index in [0.717, 1.165) is 66.4 Å². The Morgan fingerprint density at radius 3 is 1.79 bits per heavy atom. The lowest BCUT2D eigenvalue weighted by molar-refractivity contribution is 0.0208. The Bertz CT molecular complexity index is 1970. The number of ether oxygens (including phenoxy) is 2. The molecule has 0 bridgehead atoms. The van der Waals surface area contributed by atoms with Gasteiger partial charge in [0, 0.05) is 23.5 Å². The lowest BCUT2D eigenvalue weighted by atomic mass is 9.83. The number of H-pyrrole nitrogens is 2. The van der Waals surface area contributed by atoms with Gasteiger partial charge >= 0.3 is 12.2 Å². The van der Waals surface area contributed by atoms with Crippen LogP contribution >= 0.6 is 11.3 Å². The van der Waals surface area contributed by atoms with Crippen molar-refractivity contribution in [3.63, 3.8) is 0 Å². The van der Waals surface area contributed by atoms with Gasteiger partial charge in [0.2, 0.25) is 0 Å². The minimum Gasteiger partial charge on any atom is -0.444 e. The lowest BCUT2D eigenvalue weighted by Crippen LogP contribution is -2.36. The number of benzene rings is 1. The second-order valence-corrected chi connectivity index (χ2v) is 18.5. The molecule has 4 aromatic rings. The third-order valence-electron chi connectivity index (χ3n) is 11.2. The predicted molar refractivity (Wildman–Crippen MR) is 203 cm³/mol. The van der Waals surface area contributed by atoms with Gasteiger partial charge in [0.05, 0.1) is 40.7 Å². The van der Waals surface area contributed by atoms with Gasteiger partial charge in [-0.25, -0.2) is 19.6 Å². The number of imidazole rings is 2. The van der Waals surface area contributed by atoms with E-state index in [0.29, 0.717) is 18.5 Å². The van der Waals surface area contributed by atoms with Crippen LogP contribution in [0.3, 0.4) is 0 Å². The van der Waals surface area contributed by atoms with Gasteiger partial charge < -0.3 is 19.4 Å². The normalized spacial score (nSPS) is 21.3. The maximum atomic E-state index is 13.1. The quantitative estimate of drug-likeness (QED) is 0.212. The molecular weight excluding hydrogens is 673 g/mol. The van der Waals surface area contributed by atoms with E-state index in [1.54, 1.807) is 11.3 Å². The van der Waals surface area contributed by atoms with Crippen molar-refractivity contribution < 1.29 is 19.1 Å². The number of aromatic nitrogens is 4. The number of thiophene rings is 1. The first kappa shape index (κ1) is 34.9.